The van der Waals surface area contributed by atoms with Crippen LogP contribution in [0.15, 0.2) is 24.8 Å². The van der Waals surface area contributed by atoms with Gasteiger partial charge in [0.25, 0.3) is 0 Å². The Hall–Kier alpha value is -1.58. The van der Waals surface area contributed by atoms with E-state index in [4.69, 9.17) is 5.73 Å². The number of hydrogen-bond donors (Lipinski definition) is 2. The van der Waals surface area contributed by atoms with Crippen LogP contribution in [0.5, 0.6) is 0 Å². The molecule has 0 radical (unpaired) electrons. The molecule has 0 aromatic carbocycles. The van der Waals surface area contributed by atoms with Crippen molar-refractivity contribution in [2.75, 3.05) is 0 Å². The molecule has 0 heterocycles. The number of allylic oxidation sites excluding steroid dienone is 2. The summed E-state index contributed by atoms with van der Waals surface area (Å²) in [4.78, 5) is 24.1. The third kappa shape index (κ3) is 7.12. The quantitative estimate of drug-likeness (QED) is 0.671. The normalized spacial score (nSPS) is 14.2. The zero-order valence-corrected chi connectivity index (χ0v) is 13.2. The predicted molar refractivity (Wildman–Crippen MR) is 82.9 cm³/mol. The van der Waals surface area contributed by atoms with Gasteiger partial charge in [0.15, 0.2) is 0 Å². The van der Waals surface area contributed by atoms with Gasteiger partial charge in [0.2, 0.25) is 11.8 Å². The van der Waals surface area contributed by atoms with Crippen LogP contribution in [0.1, 0.15) is 47.0 Å². The fraction of sp³-hybridized carbons (Fsp3) is 0.625. The largest absolute Gasteiger partial charge is 0.369 e. The molecule has 0 bridgehead atoms. The van der Waals surface area contributed by atoms with E-state index in [2.05, 4.69) is 18.5 Å². The number of rotatable bonds is 8. The van der Waals surface area contributed by atoms with Crippen LogP contribution >= 0.6 is 0 Å². The van der Waals surface area contributed by atoms with Gasteiger partial charge in [-0.05, 0) is 47.0 Å². The molecule has 4 nitrogen and oxygen atoms in total. The van der Waals surface area contributed by atoms with Crippen molar-refractivity contribution in [2.24, 2.45) is 17.6 Å². The maximum atomic E-state index is 12.4. The first kappa shape index (κ1) is 18.4. The van der Waals surface area contributed by atoms with Gasteiger partial charge in [-0.2, -0.15) is 0 Å². The molecule has 2 unspecified atom stereocenters. The highest BCUT2D eigenvalue weighted by Gasteiger charge is 2.33. The van der Waals surface area contributed by atoms with Crippen molar-refractivity contribution >= 4 is 11.8 Å². The molecule has 0 aliphatic rings. The van der Waals surface area contributed by atoms with Crippen molar-refractivity contribution < 1.29 is 9.59 Å². The Kier molecular flexibility index (Phi) is 7.25. The smallest absolute Gasteiger partial charge is 0.224 e. The maximum absolute atomic E-state index is 12.4. The van der Waals surface area contributed by atoms with E-state index in [1.807, 2.05) is 27.7 Å². The fourth-order valence-corrected chi connectivity index (χ4v) is 2.09. The van der Waals surface area contributed by atoms with Gasteiger partial charge in [-0.1, -0.05) is 11.6 Å². The fourth-order valence-electron chi connectivity index (χ4n) is 2.09. The second kappa shape index (κ2) is 7.88. The van der Waals surface area contributed by atoms with Crippen molar-refractivity contribution in [3.63, 3.8) is 0 Å². The highest BCUT2D eigenvalue weighted by atomic mass is 16.2. The van der Waals surface area contributed by atoms with Crippen LogP contribution in [0.3, 0.4) is 0 Å². The minimum absolute atomic E-state index is 0.145. The number of carbonyl (C=O) groups is 2. The molecule has 0 aliphatic carbocycles. The second-order valence-electron chi connectivity index (χ2n) is 6.38. The van der Waals surface area contributed by atoms with Crippen LogP contribution in [-0.4, -0.2) is 17.4 Å². The molecule has 20 heavy (non-hydrogen) atoms. The van der Waals surface area contributed by atoms with Gasteiger partial charge in [0.1, 0.15) is 0 Å². The van der Waals surface area contributed by atoms with Crippen molar-refractivity contribution in [2.45, 2.75) is 52.5 Å². The van der Waals surface area contributed by atoms with E-state index >= 15 is 0 Å². The molecular formula is C16H28N2O2. The van der Waals surface area contributed by atoms with Crippen LogP contribution in [-0.2, 0) is 9.59 Å². The topological polar surface area (TPSA) is 72.2 Å². The Bertz CT molecular complexity index is 380. The van der Waals surface area contributed by atoms with E-state index < -0.39 is 17.7 Å². The van der Waals surface area contributed by atoms with Gasteiger partial charge in [0, 0.05) is 11.5 Å². The first-order valence-electron chi connectivity index (χ1n) is 6.95. The maximum Gasteiger partial charge on any atom is 0.224 e. The van der Waals surface area contributed by atoms with E-state index in [-0.39, 0.29) is 11.4 Å². The molecule has 0 rings (SSSR count). The third-order valence-electron chi connectivity index (χ3n) is 2.94. The Labute approximate surface area is 122 Å². The number of nitrogens with one attached hydrogen (secondary N) is 1. The van der Waals surface area contributed by atoms with Crippen LogP contribution in [0.4, 0.5) is 0 Å². The van der Waals surface area contributed by atoms with E-state index in [1.165, 1.54) is 0 Å². The van der Waals surface area contributed by atoms with Gasteiger partial charge in [-0.15, -0.1) is 13.2 Å². The molecule has 4 heteroatoms. The van der Waals surface area contributed by atoms with Crippen molar-refractivity contribution in [1.82, 2.24) is 5.32 Å². The molecule has 0 fully saturated rings. The van der Waals surface area contributed by atoms with E-state index in [9.17, 15) is 9.59 Å². The Morgan fingerprint density at radius 1 is 1.30 bits per heavy atom. The first-order valence-corrected chi connectivity index (χ1v) is 6.95. The summed E-state index contributed by atoms with van der Waals surface area (Å²) in [5.41, 5.74) is 6.00. The van der Waals surface area contributed by atoms with Gasteiger partial charge in [-0.25, -0.2) is 0 Å². The third-order valence-corrected chi connectivity index (χ3v) is 2.94. The summed E-state index contributed by atoms with van der Waals surface area (Å²) in [5.74, 6) is -1.55. The Balaban J connectivity index is 5.17. The van der Waals surface area contributed by atoms with Crippen LogP contribution in [0.2, 0.25) is 0 Å². The van der Waals surface area contributed by atoms with Crippen LogP contribution < -0.4 is 11.1 Å². The summed E-state index contributed by atoms with van der Waals surface area (Å²) in [5, 5.41) is 2.92. The zero-order chi connectivity index (χ0) is 15.9. The standard InChI is InChI=1S/C16H28N2O2/c1-7-8-9-12(14(17)19)13(10-11(2)3)15(20)18-16(4,5)6/h7,12-13H,1-2,8-10H2,3-6H3,(H2,17,19)(H,18,20). The molecule has 0 saturated carbocycles. The van der Waals surface area contributed by atoms with E-state index in [1.54, 1.807) is 6.08 Å². The summed E-state index contributed by atoms with van der Waals surface area (Å²) < 4.78 is 0. The molecule has 0 aromatic heterocycles. The zero-order valence-electron chi connectivity index (χ0n) is 13.2. The lowest BCUT2D eigenvalue weighted by Gasteiger charge is -2.28. The van der Waals surface area contributed by atoms with Gasteiger partial charge in [0.05, 0.1) is 5.92 Å². The summed E-state index contributed by atoms with van der Waals surface area (Å²) in [7, 11) is 0. The van der Waals surface area contributed by atoms with Crippen molar-refractivity contribution in [1.29, 1.82) is 0 Å². The average Bonchev–Trinajstić information content (AvgIpc) is 2.24. The summed E-state index contributed by atoms with van der Waals surface area (Å²) in [6, 6.07) is 0. The first-order chi connectivity index (χ1) is 9.08. The molecule has 114 valence electrons. The van der Waals surface area contributed by atoms with Crippen LogP contribution in [0, 0.1) is 11.8 Å². The number of carbonyl (C=O) groups excluding carboxylic acids is 2. The Morgan fingerprint density at radius 3 is 2.20 bits per heavy atom. The van der Waals surface area contributed by atoms with Gasteiger partial charge in [-0.3, -0.25) is 9.59 Å². The predicted octanol–water partition coefficient (Wildman–Crippen LogP) is 2.55. The van der Waals surface area contributed by atoms with E-state index in [0.717, 1.165) is 5.57 Å². The molecule has 0 aromatic rings. The Morgan fingerprint density at radius 2 is 1.85 bits per heavy atom. The number of amides is 2. The number of nitrogens with two attached hydrogens (primary N) is 1. The molecule has 0 spiro atoms. The molecule has 3 N–H and O–H groups in total. The van der Waals surface area contributed by atoms with Crippen molar-refractivity contribution in [3.05, 3.63) is 24.8 Å². The highest BCUT2D eigenvalue weighted by Crippen LogP contribution is 2.25. The summed E-state index contributed by atoms with van der Waals surface area (Å²) in [6.45, 7) is 15.1. The average molecular weight is 280 g/mol. The van der Waals surface area contributed by atoms with Crippen molar-refractivity contribution in [3.8, 4) is 0 Å². The molecule has 0 aliphatic heterocycles. The molecule has 0 saturated heterocycles. The SMILES string of the molecule is C=CCCC(C(N)=O)C(CC(=C)C)C(=O)NC(C)(C)C. The monoisotopic (exact) mass is 280 g/mol. The van der Waals surface area contributed by atoms with Gasteiger partial charge < -0.3 is 11.1 Å². The molecular weight excluding hydrogens is 252 g/mol. The minimum Gasteiger partial charge on any atom is -0.369 e. The second-order valence-corrected chi connectivity index (χ2v) is 6.38. The number of primary amides is 1. The minimum atomic E-state index is -0.493. The number of hydrogen-bond acceptors (Lipinski definition) is 2. The lowest BCUT2D eigenvalue weighted by atomic mass is 9.82. The van der Waals surface area contributed by atoms with Gasteiger partial charge >= 0.3 is 0 Å². The lowest BCUT2D eigenvalue weighted by molar-refractivity contribution is -0.134. The summed E-state index contributed by atoms with van der Waals surface area (Å²) in [6.07, 6.45) is 3.39. The lowest BCUT2D eigenvalue weighted by Crippen LogP contribution is -2.47. The molecule has 2 atom stereocenters. The van der Waals surface area contributed by atoms with E-state index in [0.29, 0.717) is 19.3 Å². The van der Waals surface area contributed by atoms with Crippen LogP contribution in [0.25, 0.3) is 0 Å². The highest BCUT2D eigenvalue weighted by molar-refractivity contribution is 5.87. The summed E-state index contributed by atoms with van der Waals surface area (Å²) >= 11 is 0. The molecule has 2 amide bonds.